The first-order valence-electron chi connectivity index (χ1n) is 5.98. The van der Waals surface area contributed by atoms with Crippen LogP contribution in [0, 0.1) is 19.7 Å². The molecule has 0 fully saturated rings. The van der Waals surface area contributed by atoms with E-state index < -0.39 is 0 Å². The van der Waals surface area contributed by atoms with Crippen LogP contribution in [0.1, 0.15) is 27.3 Å². The average molecular weight is 258 g/mol. The molecule has 1 aromatic heterocycles. The quantitative estimate of drug-likeness (QED) is 0.626. The molecule has 2 rings (SSSR count). The number of hydrogen-bond acceptors (Lipinski definition) is 2. The van der Waals surface area contributed by atoms with Crippen molar-refractivity contribution in [2.75, 3.05) is 0 Å². The third kappa shape index (κ3) is 2.62. The smallest absolute Gasteiger partial charge is 0.189 e. The molecule has 0 bridgehead atoms. The fourth-order valence-corrected chi connectivity index (χ4v) is 1.99. The van der Waals surface area contributed by atoms with Gasteiger partial charge in [-0.2, -0.15) is 5.10 Å². The number of hydrogen-bond donors (Lipinski definition) is 0. The number of allylic oxidation sites excluding steroid dienone is 1. The molecule has 19 heavy (non-hydrogen) atoms. The highest BCUT2D eigenvalue weighted by atomic mass is 19.1. The summed E-state index contributed by atoms with van der Waals surface area (Å²) < 4.78 is 15.1. The van der Waals surface area contributed by atoms with Crippen LogP contribution >= 0.6 is 0 Å². The zero-order valence-electron chi connectivity index (χ0n) is 11.1. The first-order valence-corrected chi connectivity index (χ1v) is 5.98. The van der Waals surface area contributed by atoms with Crippen LogP contribution in [0.5, 0.6) is 0 Å². The van der Waals surface area contributed by atoms with Crippen LogP contribution in [0.2, 0.25) is 0 Å². The zero-order valence-corrected chi connectivity index (χ0v) is 11.1. The number of halogens is 1. The first-order chi connectivity index (χ1) is 9.00. The molecule has 2 aromatic rings. The largest absolute Gasteiger partial charge is 0.289 e. The monoisotopic (exact) mass is 258 g/mol. The lowest BCUT2D eigenvalue weighted by atomic mass is 10.1. The summed E-state index contributed by atoms with van der Waals surface area (Å²) in [6.45, 7) is 3.63. The van der Waals surface area contributed by atoms with Gasteiger partial charge in [0.05, 0.1) is 11.3 Å². The van der Waals surface area contributed by atoms with Gasteiger partial charge in [0.25, 0.3) is 0 Å². The molecular formula is C15H15FN2O. The van der Waals surface area contributed by atoms with Crippen LogP contribution in [-0.2, 0) is 7.05 Å². The molecule has 98 valence electrons. The van der Waals surface area contributed by atoms with Crippen molar-refractivity contribution >= 4 is 11.9 Å². The number of ketones is 1. The van der Waals surface area contributed by atoms with Crippen LogP contribution in [0.3, 0.4) is 0 Å². The molecule has 3 nitrogen and oxygen atoms in total. The van der Waals surface area contributed by atoms with Gasteiger partial charge in [0, 0.05) is 18.3 Å². The van der Waals surface area contributed by atoms with Gasteiger partial charge < -0.3 is 0 Å². The lowest BCUT2D eigenvalue weighted by molar-refractivity contribution is 0.104. The number of aromatic nitrogens is 2. The topological polar surface area (TPSA) is 34.9 Å². The Labute approximate surface area is 111 Å². The Kier molecular flexibility index (Phi) is 3.60. The van der Waals surface area contributed by atoms with Crippen LogP contribution in [0.15, 0.2) is 30.3 Å². The summed E-state index contributed by atoms with van der Waals surface area (Å²) in [6, 6.07) is 6.34. The summed E-state index contributed by atoms with van der Waals surface area (Å²) in [5.74, 6) is -0.502. The first kappa shape index (κ1) is 13.2. The van der Waals surface area contributed by atoms with Gasteiger partial charge >= 0.3 is 0 Å². The average Bonchev–Trinajstić information content (AvgIpc) is 2.62. The van der Waals surface area contributed by atoms with E-state index in [2.05, 4.69) is 5.10 Å². The maximum absolute atomic E-state index is 13.4. The Morgan fingerprint density at radius 3 is 2.58 bits per heavy atom. The molecule has 0 radical (unpaired) electrons. The molecule has 1 heterocycles. The third-order valence-corrected chi connectivity index (χ3v) is 3.07. The minimum absolute atomic E-state index is 0.161. The van der Waals surface area contributed by atoms with E-state index in [4.69, 9.17) is 0 Å². The molecule has 0 spiro atoms. The van der Waals surface area contributed by atoms with Gasteiger partial charge in [-0.05, 0) is 32.1 Å². The molecule has 0 aliphatic rings. The van der Waals surface area contributed by atoms with Gasteiger partial charge in [0.1, 0.15) is 5.82 Å². The van der Waals surface area contributed by atoms with Crippen molar-refractivity contribution < 1.29 is 9.18 Å². The van der Waals surface area contributed by atoms with Gasteiger partial charge in [-0.1, -0.05) is 18.2 Å². The maximum Gasteiger partial charge on any atom is 0.189 e. The SMILES string of the molecule is Cc1nn(C)c(C)c1C(=O)/C=C/c1ccccc1F. The minimum Gasteiger partial charge on any atom is -0.289 e. The summed E-state index contributed by atoms with van der Waals surface area (Å²) in [5.41, 5.74) is 2.47. The summed E-state index contributed by atoms with van der Waals surface area (Å²) in [5, 5.41) is 4.19. The molecule has 0 atom stereocenters. The highest BCUT2D eigenvalue weighted by Crippen LogP contribution is 2.15. The molecule has 0 N–H and O–H groups in total. The van der Waals surface area contributed by atoms with Crippen LogP contribution in [-0.4, -0.2) is 15.6 Å². The second-order valence-corrected chi connectivity index (χ2v) is 4.39. The maximum atomic E-state index is 13.4. The third-order valence-electron chi connectivity index (χ3n) is 3.07. The normalized spacial score (nSPS) is 11.2. The Balaban J connectivity index is 2.29. The second kappa shape index (κ2) is 5.18. The molecule has 0 aliphatic heterocycles. The van der Waals surface area contributed by atoms with Crippen molar-refractivity contribution in [1.29, 1.82) is 0 Å². The molecule has 1 aromatic carbocycles. The predicted molar refractivity (Wildman–Crippen MR) is 72.4 cm³/mol. The van der Waals surface area contributed by atoms with E-state index in [0.29, 0.717) is 16.8 Å². The van der Waals surface area contributed by atoms with E-state index in [0.717, 1.165) is 5.69 Å². The minimum atomic E-state index is -0.341. The molecule has 0 unspecified atom stereocenters. The van der Waals surface area contributed by atoms with Crippen LogP contribution in [0.25, 0.3) is 6.08 Å². The molecule has 0 saturated heterocycles. The lowest BCUT2D eigenvalue weighted by Gasteiger charge is -1.98. The van der Waals surface area contributed by atoms with Crippen molar-refractivity contribution in [3.8, 4) is 0 Å². The highest BCUT2D eigenvalue weighted by Gasteiger charge is 2.14. The Morgan fingerprint density at radius 1 is 1.32 bits per heavy atom. The standard InChI is InChI=1S/C15H15FN2O/c1-10-15(11(2)18(3)17-10)14(19)9-8-12-6-4-5-7-13(12)16/h4-9H,1-3H3/b9-8+. The summed E-state index contributed by atoms with van der Waals surface area (Å²) in [6.07, 6.45) is 2.87. The number of carbonyl (C=O) groups is 1. The summed E-state index contributed by atoms with van der Waals surface area (Å²) >= 11 is 0. The van der Waals surface area contributed by atoms with Gasteiger partial charge in [0.15, 0.2) is 5.78 Å². The second-order valence-electron chi connectivity index (χ2n) is 4.39. The van der Waals surface area contributed by atoms with Crippen molar-refractivity contribution in [2.45, 2.75) is 13.8 Å². The molecule has 0 amide bonds. The van der Waals surface area contributed by atoms with Crippen molar-refractivity contribution in [2.24, 2.45) is 7.05 Å². The van der Waals surface area contributed by atoms with Crippen LogP contribution in [0.4, 0.5) is 4.39 Å². The lowest BCUT2D eigenvalue weighted by Crippen LogP contribution is -1.99. The zero-order chi connectivity index (χ0) is 14.0. The fourth-order valence-electron chi connectivity index (χ4n) is 1.99. The van der Waals surface area contributed by atoms with Gasteiger partial charge in [-0.25, -0.2) is 4.39 Å². The van der Waals surface area contributed by atoms with E-state index in [-0.39, 0.29) is 11.6 Å². The van der Waals surface area contributed by atoms with Crippen LogP contribution < -0.4 is 0 Å². The summed E-state index contributed by atoms with van der Waals surface area (Å²) in [4.78, 5) is 12.1. The Bertz CT molecular complexity index is 656. The predicted octanol–water partition coefficient (Wildman–Crippen LogP) is 3.07. The van der Waals surface area contributed by atoms with Gasteiger partial charge in [0.2, 0.25) is 0 Å². The van der Waals surface area contributed by atoms with E-state index >= 15 is 0 Å². The van der Waals surface area contributed by atoms with E-state index in [1.807, 2.05) is 6.92 Å². The number of benzene rings is 1. The number of aryl methyl sites for hydroxylation is 2. The van der Waals surface area contributed by atoms with E-state index in [1.54, 1.807) is 36.9 Å². The van der Waals surface area contributed by atoms with Crippen molar-refractivity contribution in [3.63, 3.8) is 0 Å². The Hall–Kier alpha value is -2.23. The van der Waals surface area contributed by atoms with Gasteiger partial charge in [-0.15, -0.1) is 0 Å². The van der Waals surface area contributed by atoms with E-state index in [9.17, 15) is 9.18 Å². The number of nitrogens with zero attached hydrogens (tertiary/aromatic N) is 2. The summed E-state index contributed by atoms with van der Waals surface area (Å²) in [7, 11) is 1.79. The number of rotatable bonds is 3. The molecule has 0 saturated carbocycles. The molecular weight excluding hydrogens is 243 g/mol. The van der Waals surface area contributed by atoms with Gasteiger partial charge in [-0.3, -0.25) is 9.48 Å². The van der Waals surface area contributed by atoms with Crippen molar-refractivity contribution in [1.82, 2.24) is 9.78 Å². The Morgan fingerprint density at radius 2 is 2.00 bits per heavy atom. The molecule has 0 aliphatic carbocycles. The molecule has 4 heteroatoms. The highest BCUT2D eigenvalue weighted by molar-refractivity contribution is 6.08. The van der Waals surface area contributed by atoms with E-state index in [1.165, 1.54) is 18.2 Å². The number of carbonyl (C=O) groups excluding carboxylic acids is 1. The fraction of sp³-hybridized carbons (Fsp3) is 0.200. The van der Waals surface area contributed by atoms with Crippen molar-refractivity contribution in [3.05, 3.63) is 58.7 Å².